The van der Waals surface area contributed by atoms with Crippen molar-refractivity contribution >= 4 is 5.91 Å². The number of carbonyl (C=O) groups is 1. The van der Waals surface area contributed by atoms with Crippen LogP contribution in [-0.2, 0) is 24.3 Å². The van der Waals surface area contributed by atoms with Crippen LogP contribution in [0.5, 0.6) is 5.75 Å². The number of rotatable bonds is 6. The lowest BCUT2D eigenvalue weighted by Crippen LogP contribution is -2.49. The van der Waals surface area contributed by atoms with Crippen LogP contribution in [-0.4, -0.2) is 57.6 Å². The van der Waals surface area contributed by atoms with Gasteiger partial charge in [0.05, 0.1) is 20.2 Å². The molecule has 1 fully saturated rings. The number of ether oxygens (including phenoxy) is 1. The molecule has 24 heavy (non-hydrogen) atoms. The molecular formula is C17H23N5O2. The second kappa shape index (κ2) is 7.44. The monoisotopic (exact) mass is 329 g/mol. The van der Waals surface area contributed by atoms with Crippen LogP contribution in [0.15, 0.2) is 24.3 Å². The molecule has 1 amide bonds. The van der Waals surface area contributed by atoms with Gasteiger partial charge < -0.3 is 9.64 Å². The third kappa shape index (κ3) is 3.91. The summed E-state index contributed by atoms with van der Waals surface area (Å²) in [6.07, 6.45) is 0.811. The number of aromatic amines is 1. The minimum absolute atomic E-state index is 0.146. The maximum absolute atomic E-state index is 12.4. The average molecular weight is 329 g/mol. The van der Waals surface area contributed by atoms with Gasteiger partial charge in [0.25, 0.3) is 0 Å². The molecule has 1 saturated heterocycles. The molecule has 0 spiro atoms. The van der Waals surface area contributed by atoms with Crippen molar-refractivity contribution in [3.8, 4) is 5.75 Å². The highest BCUT2D eigenvalue weighted by atomic mass is 16.5. The molecule has 1 aliphatic heterocycles. The number of piperazine rings is 1. The summed E-state index contributed by atoms with van der Waals surface area (Å²) in [6.45, 7) is 5.27. The van der Waals surface area contributed by atoms with Gasteiger partial charge in [-0.15, -0.1) is 0 Å². The summed E-state index contributed by atoms with van der Waals surface area (Å²) < 4.78 is 5.16. The van der Waals surface area contributed by atoms with Gasteiger partial charge in [-0.3, -0.25) is 14.8 Å². The van der Waals surface area contributed by atoms with Gasteiger partial charge in [0.2, 0.25) is 5.91 Å². The normalized spacial score (nSPS) is 15.8. The summed E-state index contributed by atoms with van der Waals surface area (Å²) in [6, 6.07) is 7.84. The molecule has 0 aliphatic carbocycles. The van der Waals surface area contributed by atoms with E-state index in [-0.39, 0.29) is 5.91 Å². The predicted molar refractivity (Wildman–Crippen MR) is 89.4 cm³/mol. The lowest BCUT2D eigenvalue weighted by Gasteiger charge is -2.33. The number of hydrogen-bond acceptors (Lipinski definition) is 5. The van der Waals surface area contributed by atoms with Crippen LogP contribution in [0, 0.1) is 0 Å². The summed E-state index contributed by atoms with van der Waals surface area (Å²) in [4.78, 5) is 20.8. The zero-order valence-electron chi connectivity index (χ0n) is 14.2. The highest BCUT2D eigenvalue weighted by Crippen LogP contribution is 2.15. The van der Waals surface area contributed by atoms with Gasteiger partial charge in [-0.1, -0.05) is 19.1 Å². The van der Waals surface area contributed by atoms with E-state index < -0.39 is 0 Å². The van der Waals surface area contributed by atoms with E-state index in [9.17, 15) is 4.79 Å². The smallest absolute Gasteiger partial charge is 0.237 e. The Morgan fingerprint density at radius 1 is 1.21 bits per heavy atom. The van der Waals surface area contributed by atoms with Crippen molar-refractivity contribution in [2.24, 2.45) is 0 Å². The molecule has 3 rings (SSSR count). The van der Waals surface area contributed by atoms with Crippen molar-refractivity contribution in [1.29, 1.82) is 0 Å². The van der Waals surface area contributed by atoms with Crippen molar-refractivity contribution in [3.05, 3.63) is 41.5 Å². The maximum atomic E-state index is 12.4. The van der Waals surface area contributed by atoms with Crippen LogP contribution in [0.1, 0.15) is 24.1 Å². The second-order valence-corrected chi connectivity index (χ2v) is 5.93. The molecule has 1 aliphatic rings. The summed E-state index contributed by atoms with van der Waals surface area (Å²) in [5.41, 5.74) is 1.11. The molecule has 0 bridgehead atoms. The fourth-order valence-electron chi connectivity index (χ4n) is 2.79. The minimum atomic E-state index is 0.146. The molecule has 2 heterocycles. The first kappa shape index (κ1) is 16.4. The SMILES string of the molecule is CCc1n[nH]c(CN2CCN(Cc3ccc(OC)cc3)C(=O)C2)n1. The number of methoxy groups -OCH3 is 1. The minimum Gasteiger partial charge on any atom is -0.497 e. The van der Waals surface area contributed by atoms with E-state index >= 15 is 0 Å². The lowest BCUT2D eigenvalue weighted by atomic mass is 10.2. The summed E-state index contributed by atoms with van der Waals surface area (Å²) in [5, 5.41) is 7.08. The Labute approximate surface area is 141 Å². The molecular weight excluding hydrogens is 306 g/mol. The Hall–Kier alpha value is -2.41. The molecule has 0 atom stereocenters. The van der Waals surface area contributed by atoms with Crippen LogP contribution >= 0.6 is 0 Å². The average Bonchev–Trinajstić information content (AvgIpc) is 3.05. The van der Waals surface area contributed by atoms with Crippen LogP contribution in [0.2, 0.25) is 0 Å². The molecule has 128 valence electrons. The Kier molecular flexibility index (Phi) is 5.10. The van der Waals surface area contributed by atoms with Crippen LogP contribution in [0.25, 0.3) is 0 Å². The first-order valence-corrected chi connectivity index (χ1v) is 8.21. The highest BCUT2D eigenvalue weighted by molar-refractivity contribution is 5.79. The molecule has 1 aromatic heterocycles. The van der Waals surface area contributed by atoms with Gasteiger partial charge in [0.1, 0.15) is 17.4 Å². The molecule has 1 aromatic carbocycles. The van der Waals surface area contributed by atoms with Gasteiger partial charge >= 0.3 is 0 Å². The zero-order valence-corrected chi connectivity index (χ0v) is 14.2. The van der Waals surface area contributed by atoms with Crippen LogP contribution in [0.4, 0.5) is 0 Å². The van der Waals surface area contributed by atoms with Gasteiger partial charge in [-0.25, -0.2) is 4.98 Å². The number of nitrogens with one attached hydrogen (secondary N) is 1. The number of aryl methyl sites for hydroxylation is 1. The van der Waals surface area contributed by atoms with Crippen molar-refractivity contribution in [1.82, 2.24) is 25.0 Å². The fourth-order valence-corrected chi connectivity index (χ4v) is 2.79. The first-order chi connectivity index (χ1) is 11.7. The van der Waals surface area contributed by atoms with E-state index in [1.54, 1.807) is 7.11 Å². The Balaban J connectivity index is 1.53. The third-order valence-corrected chi connectivity index (χ3v) is 4.20. The summed E-state index contributed by atoms with van der Waals surface area (Å²) in [7, 11) is 1.65. The number of hydrogen-bond donors (Lipinski definition) is 1. The fraction of sp³-hybridized carbons (Fsp3) is 0.471. The second-order valence-electron chi connectivity index (χ2n) is 5.93. The van der Waals surface area contributed by atoms with Crippen LogP contribution < -0.4 is 4.74 Å². The van der Waals surface area contributed by atoms with Crippen molar-refractivity contribution < 1.29 is 9.53 Å². The molecule has 2 aromatic rings. The Morgan fingerprint density at radius 3 is 2.62 bits per heavy atom. The van der Waals surface area contributed by atoms with E-state index in [4.69, 9.17) is 4.74 Å². The van der Waals surface area contributed by atoms with Gasteiger partial charge in [-0.05, 0) is 17.7 Å². The number of benzene rings is 1. The number of aromatic nitrogens is 3. The predicted octanol–water partition coefficient (Wildman–Crippen LogP) is 1.22. The number of amides is 1. The van der Waals surface area contributed by atoms with E-state index in [1.165, 1.54) is 0 Å². The quantitative estimate of drug-likeness (QED) is 0.862. The first-order valence-electron chi connectivity index (χ1n) is 8.21. The summed E-state index contributed by atoms with van der Waals surface area (Å²) in [5.74, 6) is 2.61. The maximum Gasteiger partial charge on any atom is 0.237 e. The molecule has 0 radical (unpaired) electrons. The number of nitrogens with zero attached hydrogens (tertiary/aromatic N) is 4. The standard InChI is InChI=1S/C17H23N5O2/c1-3-15-18-16(20-19-15)11-21-8-9-22(17(23)12-21)10-13-4-6-14(24-2)7-5-13/h4-7H,3,8-12H2,1-2H3,(H,18,19,20). The van der Waals surface area contributed by atoms with E-state index in [2.05, 4.69) is 20.1 Å². The molecule has 0 saturated carbocycles. The van der Waals surface area contributed by atoms with Gasteiger partial charge in [0.15, 0.2) is 0 Å². The Morgan fingerprint density at radius 2 is 2.00 bits per heavy atom. The molecule has 7 heteroatoms. The third-order valence-electron chi connectivity index (χ3n) is 4.20. The summed E-state index contributed by atoms with van der Waals surface area (Å²) >= 11 is 0. The van der Waals surface area contributed by atoms with Crippen molar-refractivity contribution in [2.45, 2.75) is 26.4 Å². The Bertz CT molecular complexity index is 683. The van der Waals surface area contributed by atoms with Crippen molar-refractivity contribution in [2.75, 3.05) is 26.7 Å². The molecule has 1 N–H and O–H groups in total. The van der Waals surface area contributed by atoms with Crippen LogP contribution in [0.3, 0.4) is 0 Å². The van der Waals surface area contributed by atoms with E-state index in [0.29, 0.717) is 19.6 Å². The largest absolute Gasteiger partial charge is 0.497 e. The zero-order chi connectivity index (χ0) is 16.9. The number of H-pyrrole nitrogens is 1. The molecule has 0 unspecified atom stereocenters. The van der Waals surface area contributed by atoms with E-state index in [1.807, 2.05) is 36.1 Å². The van der Waals surface area contributed by atoms with Gasteiger partial charge in [0, 0.05) is 26.1 Å². The highest BCUT2D eigenvalue weighted by Gasteiger charge is 2.24. The topological polar surface area (TPSA) is 74.3 Å². The van der Waals surface area contributed by atoms with Gasteiger partial charge in [-0.2, -0.15) is 5.10 Å². The lowest BCUT2D eigenvalue weighted by molar-refractivity contribution is -0.136. The van der Waals surface area contributed by atoms with E-state index in [0.717, 1.165) is 42.5 Å². The molecule has 7 nitrogen and oxygen atoms in total. The number of carbonyl (C=O) groups excluding carboxylic acids is 1. The van der Waals surface area contributed by atoms with Crippen molar-refractivity contribution in [3.63, 3.8) is 0 Å².